The van der Waals surface area contributed by atoms with Gasteiger partial charge in [-0.2, -0.15) is 0 Å². The van der Waals surface area contributed by atoms with E-state index in [9.17, 15) is 43.2 Å². The number of carbonyl (C=O) groups excluding carboxylic acids is 4. The van der Waals surface area contributed by atoms with E-state index in [2.05, 4.69) is 52.0 Å². The van der Waals surface area contributed by atoms with Crippen molar-refractivity contribution in [2.24, 2.45) is 0 Å². The molecule has 0 aromatic heterocycles. The second kappa shape index (κ2) is 69.0. The van der Waals surface area contributed by atoms with Gasteiger partial charge in [0.25, 0.3) is 0 Å². The van der Waals surface area contributed by atoms with Crippen LogP contribution in [0.1, 0.15) is 374 Å². The molecule has 0 rings (SSSR count). The second-order valence-corrected chi connectivity index (χ2v) is 29.2. The summed E-state index contributed by atoms with van der Waals surface area (Å²) < 4.78 is 68.5. The summed E-state index contributed by atoms with van der Waals surface area (Å²) in [6, 6.07) is 0. The molecule has 3 N–H and O–H groups in total. The molecule has 94 heavy (non-hydrogen) atoms. The summed E-state index contributed by atoms with van der Waals surface area (Å²) in [6.45, 7) is 4.92. The van der Waals surface area contributed by atoms with Crippen LogP contribution in [0.5, 0.6) is 0 Å². The minimum Gasteiger partial charge on any atom is -0.462 e. The summed E-state index contributed by atoms with van der Waals surface area (Å²) >= 11 is 0. The molecule has 0 spiro atoms. The Morgan fingerprint density at radius 2 is 0.489 bits per heavy atom. The lowest BCUT2D eigenvalue weighted by atomic mass is 10.0. The van der Waals surface area contributed by atoms with Gasteiger partial charge in [0, 0.05) is 25.7 Å². The zero-order chi connectivity index (χ0) is 69.0. The zero-order valence-corrected chi connectivity index (χ0v) is 62.2. The van der Waals surface area contributed by atoms with Crippen molar-refractivity contribution in [1.82, 2.24) is 0 Å². The summed E-state index contributed by atoms with van der Waals surface area (Å²) in [7, 11) is -9.92. The molecule has 0 heterocycles. The third-order valence-corrected chi connectivity index (χ3v) is 18.8. The van der Waals surface area contributed by atoms with Crippen LogP contribution in [0.2, 0.25) is 0 Å². The smallest absolute Gasteiger partial charge is 0.462 e. The van der Waals surface area contributed by atoms with Gasteiger partial charge in [0.2, 0.25) is 0 Å². The van der Waals surface area contributed by atoms with Crippen molar-refractivity contribution in [3.8, 4) is 0 Å². The number of ether oxygens (including phenoxy) is 4. The van der Waals surface area contributed by atoms with E-state index in [0.717, 1.165) is 128 Å². The van der Waals surface area contributed by atoms with Crippen LogP contribution >= 0.6 is 15.6 Å². The monoisotopic (exact) mass is 1380 g/mol. The normalized spacial score (nSPS) is 14.1. The van der Waals surface area contributed by atoms with Crippen LogP contribution in [0.15, 0.2) is 24.3 Å². The predicted octanol–water partition coefficient (Wildman–Crippen LogP) is 21.8. The highest BCUT2D eigenvalue weighted by Gasteiger charge is 2.30. The average molecular weight is 1380 g/mol. The SMILES string of the molecule is CCCCCC/C=C\CCCCCCCCCC(=O)O[C@H](COC(=O)CCCCCCCCCCCCCCC)COP(=O)(O)OC[C@@H](O)COP(=O)(O)OC[C@@H](COC(=O)CCCCCCCCCCCCCCC)OC(=O)CCCCCCC/C=C\CCCCCC. The molecule has 0 fully saturated rings. The largest absolute Gasteiger partial charge is 0.472 e. The van der Waals surface area contributed by atoms with Crippen molar-refractivity contribution in [1.29, 1.82) is 0 Å². The number of unbranched alkanes of at least 4 members (excludes halogenated alkanes) is 44. The standard InChI is InChI=1S/C75H142O17P2/c1-5-9-13-17-21-25-29-33-34-38-42-46-50-54-58-62-75(80)92-71(66-86-73(78)60-56-52-48-44-40-36-31-27-23-19-15-11-7-3)68-90-94(83,84)88-64-69(76)63-87-93(81,82)89-67-70(91-74(79)61-57-53-49-45-41-37-32-28-24-20-16-12-8-4)65-85-72(77)59-55-51-47-43-39-35-30-26-22-18-14-10-6-2/h25,28-29,32,69-71,76H,5-24,26-27,30-31,33-68H2,1-4H3,(H,81,82)(H,83,84)/b29-25-,32-28-/t69-,70+,71+/m0/s1. The van der Waals surface area contributed by atoms with Gasteiger partial charge in [-0.25, -0.2) is 9.13 Å². The zero-order valence-electron chi connectivity index (χ0n) is 60.4. The number of hydrogen-bond acceptors (Lipinski definition) is 15. The van der Waals surface area contributed by atoms with Crippen LogP contribution in [0.4, 0.5) is 0 Å². The van der Waals surface area contributed by atoms with Crippen molar-refractivity contribution in [3.05, 3.63) is 24.3 Å². The molecule has 0 aliphatic carbocycles. The molecule has 0 saturated heterocycles. The van der Waals surface area contributed by atoms with Gasteiger partial charge < -0.3 is 33.8 Å². The summed E-state index contributed by atoms with van der Waals surface area (Å²) in [5.41, 5.74) is 0. The minimum absolute atomic E-state index is 0.0934. The summed E-state index contributed by atoms with van der Waals surface area (Å²) in [4.78, 5) is 72.8. The lowest BCUT2D eigenvalue weighted by Crippen LogP contribution is -2.30. The van der Waals surface area contributed by atoms with E-state index >= 15 is 0 Å². The molecule has 19 heteroatoms. The number of allylic oxidation sites excluding steroid dienone is 4. The average Bonchev–Trinajstić information content (AvgIpc) is 2.26. The number of phosphoric ester groups is 2. The van der Waals surface area contributed by atoms with E-state index in [1.807, 2.05) is 0 Å². The van der Waals surface area contributed by atoms with E-state index in [1.165, 1.54) is 167 Å². The van der Waals surface area contributed by atoms with Gasteiger partial charge in [-0.3, -0.25) is 37.3 Å². The fraction of sp³-hybridized carbons (Fsp3) is 0.893. The van der Waals surface area contributed by atoms with E-state index < -0.39 is 97.5 Å². The Kier molecular flexibility index (Phi) is 67.2. The van der Waals surface area contributed by atoms with E-state index in [1.54, 1.807) is 0 Å². The van der Waals surface area contributed by atoms with Crippen LogP contribution in [0.25, 0.3) is 0 Å². The molecule has 2 unspecified atom stereocenters. The van der Waals surface area contributed by atoms with Crippen LogP contribution in [-0.2, 0) is 65.4 Å². The number of phosphoric acid groups is 2. The molecule has 0 aliphatic rings. The second-order valence-electron chi connectivity index (χ2n) is 26.3. The Hall–Kier alpha value is -2.46. The van der Waals surface area contributed by atoms with Gasteiger partial charge in [-0.15, -0.1) is 0 Å². The molecule has 0 aliphatic heterocycles. The third kappa shape index (κ3) is 68.1. The highest BCUT2D eigenvalue weighted by atomic mass is 31.2. The fourth-order valence-corrected chi connectivity index (χ4v) is 12.6. The number of aliphatic hydroxyl groups is 1. The number of rotatable bonds is 74. The van der Waals surface area contributed by atoms with Crippen molar-refractivity contribution < 1.29 is 80.2 Å². The molecule has 0 amide bonds. The maximum Gasteiger partial charge on any atom is 0.472 e. The van der Waals surface area contributed by atoms with Gasteiger partial charge in [0.05, 0.1) is 26.4 Å². The quantitative estimate of drug-likeness (QED) is 0.0169. The molecule has 0 aromatic rings. The highest BCUT2D eigenvalue weighted by molar-refractivity contribution is 7.47. The Balaban J connectivity index is 5.29. The molecule has 0 saturated carbocycles. The van der Waals surface area contributed by atoms with Gasteiger partial charge >= 0.3 is 39.5 Å². The number of esters is 4. The van der Waals surface area contributed by atoms with Crippen molar-refractivity contribution in [3.63, 3.8) is 0 Å². The lowest BCUT2D eigenvalue weighted by molar-refractivity contribution is -0.161. The molecule has 554 valence electrons. The first-order chi connectivity index (χ1) is 45.7. The van der Waals surface area contributed by atoms with Crippen molar-refractivity contribution >= 4 is 39.5 Å². The van der Waals surface area contributed by atoms with Crippen molar-refractivity contribution in [2.45, 2.75) is 393 Å². The Labute approximate surface area is 573 Å². The number of carbonyl (C=O) groups is 4. The summed E-state index contributed by atoms with van der Waals surface area (Å²) in [5, 5.41) is 10.6. The topological polar surface area (TPSA) is 237 Å². The van der Waals surface area contributed by atoms with Crippen LogP contribution < -0.4 is 0 Å². The lowest BCUT2D eigenvalue weighted by Gasteiger charge is -2.21. The van der Waals surface area contributed by atoms with Crippen LogP contribution in [0, 0.1) is 0 Å². The van der Waals surface area contributed by atoms with E-state index in [-0.39, 0.29) is 25.7 Å². The first-order valence-electron chi connectivity index (χ1n) is 38.6. The summed E-state index contributed by atoms with van der Waals surface area (Å²) in [5.74, 6) is -2.14. The predicted molar refractivity (Wildman–Crippen MR) is 381 cm³/mol. The summed E-state index contributed by atoms with van der Waals surface area (Å²) in [6.07, 6.45) is 61.6. The van der Waals surface area contributed by atoms with Gasteiger partial charge in [-0.05, 0) is 77.0 Å². The van der Waals surface area contributed by atoms with Gasteiger partial charge in [0.1, 0.15) is 19.3 Å². The van der Waals surface area contributed by atoms with Crippen LogP contribution in [-0.4, -0.2) is 96.7 Å². The maximum atomic E-state index is 13.1. The molecular formula is C75H142O17P2. The molecule has 0 aromatic carbocycles. The Bertz CT molecular complexity index is 1880. The highest BCUT2D eigenvalue weighted by Crippen LogP contribution is 2.45. The Morgan fingerprint density at radius 1 is 0.287 bits per heavy atom. The first kappa shape index (κ1) is 91.5. The third-order valence-electron chi connectivity index (χ3n) is 16.9. The maximum absolute atomic E-state index is 13.1. The van der Waals surface area contributed by atoms with Gasteiger partial charge in [0.15, 0.2) is 12.2 Å². The van der Waals surface area contributed by atoms with Gasteiger partial charge in [-0.1, -0.05) is 296 Å². The first-order valence-corrected chi connectivity index (χ1v) is 41.6. The minimum atomic E-state index is -4.96. The van der Waals surface area contributed by atoms with E-state index in [4.69, 9.17) is 37.0 Å². The van der Waals surface area contributed by atoms with E-state index in [0.29, 0.717) is 25.7 Å². The fourth-order valence-electron chi connectivity index (χ4n) is 11.0. The van der Waals surface area contributed by atoms with Crippen molar-refractivity contribution in [2.75, 3.05) is 39.6 Å². The molecule has 17 nitrogen and oxygen atoms in total. The molecule has 0 radical (unpaired) electrons. The molecular weight excluding hydrogens is 1230 g/mol. The number of hydrogen-bond donors (Lipinski definition) is 3. The Morgan fingerprint density at radius 3 is 0.745 bits per heavy atom. The molecule has 0 bridgehead atoms. The molecule has 5 atom stereocenters. The van der Waals surface area contributed by atoms with Crippen LogP contribution in [0.3, 0.4) is 0 Å². The number of aliphatic hydroxyl groups excluding tert-OH is 1.